The van der Waals surface area contributed by atoms with E-state index in [9.17, 15) is 4.79 Å². The third kappa shape index (κ3) is 6.30. The molecule has 0 radical (unpaired) electrons. The number of ether oxygens (including phenoxy) is 2. The summed E-state index contributed by atoms with van der Waals surface area (Å²) in [6, 6.07) is 14.2. The number of amides is 1. The molecule has 2 aromatic rings. The maximum atomic E-state index is 11.9. The Hall–Kier alpha value is -2.14. The zero-order chi connectivity index (χ0) is 18.8. The highest BCUT2D eigenvalue weighted by atomic mass is 32.2. The highest BCUT2D eigenvalue weighted by Gasteiger charge is 2.06. The first-order valence-corrected chi connectivity index (χ1v) is 9.89. The Kier molecular flexibility index (Phi) is 8.35. The second-order valence-electron chi connectivity index (χ2n) is 6.06. The smallest absolute Gasteiger partial charge is 0.230 e. The van der Waals surface area contributed by atoms with Crippen molar-refractivity contribution in [3.05, 3.63) is 59.2 Å². The van der Waals surface area contributed by atoms with Crippen LogP contribution in [0.15, 0.2) is 42.5 Å². The summed E-state index contributed by atoms with van der Waals surface area (Å²) in [5, 5.41) is 2.99. The number of nitrogens with one attached hydrogen (secondary N) is 1. The fourth-order valence-electron chi connectivity index (χ4n) is 2.63. The van der Waals surface area contributed by atoms with Gasteiger partial charge in [0.1, 0.15) is 0 Å². The van der Waals surface area contributed by atoms with E-state index in [4.69, 9.17) is 9.47 Å². The van der Waals surface area contributed by atoms with Crippen LogP contribution < -0.4 is 14.8 Å². The summed E-state index contributed by atoms with van der Waals surface area (Å²) in [6.45, 7) is 2.78. The molecule has 0 spiro atoms. The van der Waals surface area contributed by atoms with Gasteiger partial charge in [-0.15, -0.1) is 11.8 Å². The van der Waals surface area contributed by atoms with Crippen molar-refractivity contribution >= 4 is 17.7 Å². The molecule has 1 amide bonds. The predicted molar refractivity (Wildman–Crippen MR) is 108 cm³/mol. The van der Waals surface area contributed by atoms with Crippen molar-refractivity contribution in [3.8, 4) is 11.5 Å². The Morgan fingerprint density at radius 2 is 1.85 bits per heavy atom. The Morgan fingerprint density at radius 1 is 1.08 bits per heavy atom. The quantitative estimate of drug-likeness (QED) is 0.640. The maximum Gasteiger partial charge on any atom is 0.230 e. The number of rotatable bonds is 10. The van der Waals surface area contributed by atoms with Crippen LogP contribution in [0.3, 0.4) is 0 Å². The lowest BCUT2D eigenvalue weighted by Crippen LogP contribution is -2.26. The molecule has 0 bridgehead atoms. The van der Waals surface area contributed by atoms with Crippen molar-refractivity contribution in [1.82, 2.24) is 5.32 Å². The number of carbonyl (C=O) groups is 1. The average molecular weight is 374 g/mol. The molecule has 5 heteroatoms. The normalized spacial score (nSPS) is 10.4. The van der Waals surface area contributed by atoms with E-state index in [0.29, 0.717) is 12.3 Å². The maximum absolute atomic E-state index is 11.9. The molecule has 0 saturated carbocycles. The van der Waals surface area contributed by atoms with Gasteiger partial charge in [0.2, 0.25) is 5.91 Å². The highest BCUT2D eigenvalue weighted by molar-refractivity contribution is 7.99. The molecule has 0 aliphatic carbocycles. The van der Waals surface area contributed by atoms with Crippen molar-refractivity contribution in [3.63, 3.8) is 0 Å². The van der Waals surface area contributed by atoms with E-state index in [0.717, 1.165) is 30.1 Å². The fraction of sp³-hybridized carbons (Fsp3) is 0.381. The summed E-state index contributed by atoms with van der Waals surface area (Å²) in [5.74, 6) is 2.92. The number of thioether (sulfide) groups is 1. The number of carbonyl (C=O) groups excluding carboxylic acids is 1. The van der Waals surface area contributed by atoms with Crippen molar-refractivity contribution < 1.29 is 14.3 Å². The Bertz CT molecular complexity index is 718. The van der Waals surface area contributed by atoms with Crippen LogP contribution in [0.4, 0.5) is 0 Å². The Labute approximate surface area is 160 Å². The number of aryl methyl sites for hydroxylation is 2. The first-order valence-electron chi connectivity index (χ1n) is 8.74. The first kappa shape index (κ1) is 20.2. The lowest BCUT2D eigenvalue weighted by Gasteiger charge is -2.10. The minimum absolute atomic E-state index is 0.0934. The van der Waals surface area contributed by atoms with E-state index in [2.05, 4.69) is 24.4 Å². The third-order valence-corrected chi connectivity index (χ3v) is 5.15. The molecule has 0 heterocycles. The number of methoxy groups -OCH3 is 2. The topological polar surface area (TPSA) is 47.6 Å². The molecule has 0 aromatic heterocycles. The van der Waals surface area contributed by atoms with Gasteiger partial charge in [0.15, 0.2) is 11.5 Å². The molecule has 4 nitrogen and oxygen atoms in total. The molecule has 0 aliphatic heterocycles. The predicted octanol–water partition coefficient (Wildman–Crippen LogP) is 3.99. The van der Waals surface area contributed by atoms with Gasteiger partial charge in [-0.3, -0.25) is 4.79 Å². The molecule has 140 valence electrons. The fourth-order valence-corrected chi connectivity index (χ4v) is 3.57. The molecule has 1 N–H and O–H groups in total. The molecule has 26 heavy (non-hydrogen) atoms. The molecule has 0 fully saturated rings. The molecule has 2 aromatic carbocycles. The van der Waals surface area contributed by atoms with Gasteiger partial charge in [-0.2, -0.15) is 0 Å². The van der Waals surface area contributed by atoms with Crippen LogP contribution >= 0.6 is 11.8 Å². The molecule has 0 atom stereocenters. The van der Waals surface area contributed by atoms with Crippen LogP contribution in [-0.4, -0.2) is 32.4 Å². The van der Waals surface area contributed by atoms with Crippen molar-refractivity contribution in [2.45, 2.75) is 25.5 Å². The third-order valence-electron chi connectivity index (χ3n) is 4.16. The van der Waals surface area contributed by atoms with Gasteiger partial charge < -0.3 is 14.8 Å². The monoisotopic (exact) mass is 373 g/mol. The van der Waals surface area contributed by atoms with Gasteiger partial charge in [-0.05, 0) is 48.6 Å². The standard InChI is InChI=1S/C21H27NO3S/c1-16-7-4-5-9-18(16)14-26-15-21(23)22-12-6-8-17-10-11-19(24-2)20(13-17)25-3/h4-5,7,9-11,13H,6,8,12,14-15H2,1-3H3,(H,22,23). The Morgan fingerprint density at radius 3 is 2.58 bits per heavy atom. The second-order valence-corrected chi connectivity index (χ2v) is 7.05. The SMILES string of the molecule is COc1ccc(CCCNC(=O)CSCc2ccccc2C)cc1OC. The molecule has 0 unspecified atom stereocenters. The second kappa shape index (κ2) is 10.8. The van der Waals surface area contributed by atoms with E-state index in [1.807, 2.05) is 30.3 Å². The highest BCUT2D eigenvalue weighted by Crippen LogP contribution is 2.27. The summed E-state index contributed by atoms with van der Waals surface area (Å²) in [6.07, 6.45) is 1.78. The van der Waals surface area contributed by atoms with Crippen LogP contribution in [0.2, 0.25) is 0 Å². The lowest BCUT2D eigenvalue weighted by atomic mass is 10.1. The van der Waals surface area contributed by atoms with Gasteiger partial charge in [-0.1, -0.05) is 30.3 Å². The molecule has 2 rings (SSSR count). The first-order chi connectivity index (χ1) is 12.6. The zero-order valence-corrected chi connectivity index (χ0v) is 16.5. The average Bonchev–Trinajstić information content (AvgIpc) is 2.66. The number of hydrogen-bond donors (Lipinski definition) is 1. The Balaban J connectivity index is 1.65. The molecule has 0 aliphatic rings. The van der Waals surface area contributed by atoms with Gasteiger partial charge in [0.25, 0.3) is 0 Å². The van der Waals surface area contributed by atoms with E-state index >= 15 is 0 Å². The van der Waals surface area contributed by atoms with Crippen LogP contribution in [0, 0.1) is 6.92 Å². The van der Waals surface area contributed by atoms with Crippen molar-refractivity contribution in [2.24, 2.45) is 0 Å². The van der Waals surface area contributed by atoms with Gasteiger partial charge in [-0.25, -0.2) is 0 Å². The summed E-state index contributed by atoms with van der Waals surface area (Å²) >= 11 is 1.65. The van der Waals surface area contributed by atoms with E-state index in [-0.39, 0.29) is 5.91 Å². The zero-order valence-electron chi connectivity index (χ0n) is 15.7. The minimum atomic E-state index is 0.0934. The molecule has 0 saturated heterocycles. The lowest BCUT2D eigenvalue weighted by molar-refractivity contribution is -0.118. The van der Waals surface area contributed by atoms with Gasteiger partial charge >= 0.3 is 0 Å². The van der Waals surface area contributed by atoms with Crippen LogP contribution in [0.5, 0.6) is 11.5 Å². The van der Waals surface area contributed by atoms with Crippen molar-refractivity contribution in [2.75, 3.05) is 26.5 Å². The summed E-state index contributed by atoms with van der Waals surface area (Å²) in [7, 11) is 3.26. The van der Waals surface area contributed by atoms with Crippen LogP contribution in [0.1, 0.15) is 23.1 Å². The number of hydrogen-bond acceptors (Lipinski definition) is 4. The summed E-state index contributed by atoms with van der Waals surface area (Å²) in [4.78, 5) is 11.9. The van der Waals surface area contributed by atoms with Crippen LogP contribution in [0.25, 0.3) is 0 Å². The van der Waals surface area contributed by atoms with Crippen LogP contribution in [-0.2, 0) is 17.0 Å². The van der Waals surface area contributed by atoms with Gasteiger partial charge in [0, 0.05) is 12.3 Å². The van der Waals surface area contributed by atoms with E-state index in [1.54, 1.807) is 26.0 Å². The molecular formula is C21H27NO3S. The van der Waals surface area contributed by atoms with E-state index in [1.165, 1.54) is 16.7 Å². The van der Waals surface area contributed by atoms with Crippen molar-refractivity contribution in [1.29, 1.82) is 0 Å². The van der Waals surface area contributed by atoms with Gasteiger partial charge in [0.05, 0.1) is 20.0 Å². The number of benzene rings is 2. The summed E-state index contributed by atoms with van der Waals surface area (Å²) < 4.78 is 10.6. The minimum Gasteiger partial charge on any atom is -0.493 e. The summed E-state index contributed by atoms with van der Waals surface area (Å²) in [5.41, 5.74) is 3.74. The molecular weight excluding hydrogens is 346 g/mol. The largest absolute Gasteiger partial charge is 0.493 e. The van der Waals surface area contributed by atoms with E-state index < -0.39 is 0 Å².